The van der Waals surface area contributed by atoms with Gasteiger partial charge < -0.3 is 19.5 Å². The van der Waals surface area contributed by atoms with Crippen molar-refractivity contribution in [3.8, 4) is 0 Å². The molecule has 0 saturated carbocycles. The van der Waals surface area contributed by atoms with Crippen molar-refractivity contribution in [3.63, 3.8) is 0 Å². The maximum Gasteiger partial charge on any atom is 0.407 e. The Balaban J connectivity index is 3.29. The van der Waals surface area contributed by atoms with E-state index in [2.05, 4.69) is 18.8 Å². The van der Waals surface area contributed by atoms with Crippen LogP contribution in [-0.4, -0.2) is 44.5 Å². The smallest absolute Gasteiger partial charge is 0.407 e. The molecular weight excluding hydrogens is 286 g/mol. The molecule has 6 nitrogen and oxygen atoms in total. The van der Waals surface area contributed by atoms with Gasteiger partial charge >= 0.3 is 12.1 Å². The van der Waals surface area contributed by atoms with Crippen LogP contribution < -0.4 is 5.32 Å². The van der Waals surface area contributed by atoms with E-state index in [1.807, 2.05) is 6.92 Å². The summed E-state index contributed by atoms with van der Waals surface area (Å²) in [5.41, 5.74) is 0. The Morgan fingerprint density at radius 1 is 1.09 bits per heavy atom. The van der Waals surface area contributed by atoms with Gasteiger partial charge in [-0.15, -0.1) is 0 Å². The first-order chi connectivity index (χ1) is 10.6. The van der Waals surface area contributed by atoms with Crippen LogP contribution in [0.2, 0.25) is 0 Å². The summed E-state index contributed by atoms with van der Waals surface area (Å²) in [5, 5.41) is 2.65. The molecule has 0 aliphatic carbocycles. The summed E-state index contributed by atoms with van der Waals surface area (Å²) in [6, 6.07) is 0. The van der Waals surface area contributed by atoms with E-state index in [4.69, 9.17) is 14.2 Å². The highest BCUT2D eigenvalue weighted by Crippen LogP contribution is 1.99. The van der Waals surface area contributed by atoms with Gasteiger partial charge in [-0.05, 0) is 39.0 Å². The monoisotopic (exact) mass is 315 g/mol. The van der Waals surface area contributed by atoms with Crippen LogP contribution in [0, 0.1) is 0 Å². The molecule has 0 rings (SSSR count). The molecule has 0 saturated heterocycles. The first kappa shape index (κ1) is 20.4. The van der Waals surface area contributed by atoms with Gasteiger partial charge in [-0.25, -0.2) is 9.59 Å². The minimum atomic E-state index is -0.426. The molecule has 1 amide bonds. The van der Waals surface area contributed by atoms with Gasteiger partial charge in [0.2, 0.25) is 0 Å². The van der Waals surface area contributed by atoms with Crippen molar-refractivity contribution in [1.29, 1.82) is 0 Å². The normalized spacial score (nSPS) is 11.5. The zero-order chi connectivity index (χ0) is 16.6. The van der Waals surface area contributed by atoms with E-state index in [1.54, 1.807) is 0 Å². The maximum absolute atomic E-state index is 11.4. The fraction of sp³-hybridized carbons (Fsp3) is 0.750. The minimum Gasteiger partial charge on any atom is -0.463 e. The fourth-order valence-electron chi connectivity index (χ4n) is 1.47. The number of carbonyl (C=O) groups is 2. The lowest BCUT2D eigenvalue weighted by molar-refractivity contribution is -0.137. The molecule has 0 aromatic heterocycles. The number of hydrogen-bond acceptors (Lipinski definition) is 5. The highest BCUT2D eigenvalue weighted by Gasteiger charge is 2.02. The van der Waals surface area contributed by atoms with E-state index >= 15 is 0 Å². The largest absolute Gasteiger partial charge is 0.463 e. The molecule has 0 aromatic carbocycles. The second-order valence-electron chi connectivity index (χ2n) is 4.94. The van der Waals surface area contributed by atoms with Gasteiger partial charge in [0, 0.05) is 19.2 Å². The van der Waals surface area contributed by atoms with Gasteiger partial charge in [-0.3, -0.25) is 0 Å². The van der Waals surface area contributed by atoms with Gasteiger partial charge in [-0.2, -0.15) is 0 Å². The van der Waals surface area contributed by atoms with Crippen LogP contribution in [0.5, 0.6) is 0 Å². The zero-order valence-corrected chi connectivity index (χ0v) is 13.8. The predicted molar refractivity (Wildman–Crippen MR) is 84.7 cm³/mol. The van der Waals surface area contributed by atoms with E-state index < -0.39 is 12.1 Å². The van der Waals surface area contributed by atoms with Crippen LogP contribution in [0.15, 0.2) is 12.7 Å². The molecule has 0 aliphatic heterocycles. The van der Waals surface area contributed by atoms with Crippen LogP contribution in [0.3, 0.4) is 0 Å². The summed E-state index contributed by atoms with van der Waals surface area (Å²) in [7, 11) is 0. The maximum atomic E-state index is 11.4. The standard InChI is InChI=1S/C16H29NO5/c1-4-14(3)20-11-8-9-13-22-16(19)17-10-6-7-12-21-15(18)5-2/h5,14H,2,4,6-13H2,1,3H3,(H,17,19). The molecule has 6 heteroatoms. The first-order valence-corrected chi connectivity index (χ1v) is 7.91. The number of unbranched alkanes of at least 4 members (excludes halogenated alkanes) is 2. The van der Waals surface area contributed by atoms with Gasteiger partial charge in [0.1, 0.15) is 0 Å². The second-order valence-corrected chi connectivity index (χ2v) is 4.94. The number of esters is 1. The molecule has 22 heavy (non-hydrogen) atoms. The van der Waals surface area contributed by atoms with E-state index in [9.17, 15) is 9.59 Å². The lowest BCUT2D eigenvalue weighted by Crippen LogP contribution is -2.26. The highest BCUT2D eigenvalue weighted by molar-refractivity contribution is 5.81. The quantitative estimate of drug-likeness (QED) is 0.321. The van der Waals surface area contributed by atoms with Crippen molar-refractivity contribution in [2.24, 2.45) is 0 Å². The summed E-state index contributed by atoms with van der Waals surface area (Å²) in [6.45, 7) is 9.36. The third kappa shape index (κ3) is 13.4. The van der Waals surface area contributed by atoms with E-state index in [0.29, 0.717) is 32.8 Å². The molecule has 0 heterocycles. The number of amides is 1. The Hall–Kier alpha value is -1.56. The molecule has 128 valence electrons. The molecule has 1 N–H and O–H groups in total. The molecule has 0 fully saturated rings. The molecule has 0 aliphatic rings. The van der Waals surface area contributed by atoms with Gasteiger partial charge in [-0.1, -0.05) is 13.5 Å². The van der Waals surface area contributed by atoms with Crippen LogP contribution >= 0.6 is 0 Å². The van der Waals surface area contributed by atoms with Crippen LogP contribution in [-0.2, 0) is 19.0 Å². The second kappa shape index (κ2) is 14.4. The number of hydrogen-bond donors (Lipinski definition) is 1. The van der Waals surface area contributed by atoms with Crippen molar-refractivity contribution in [1.82, 2.24) is 5.32 Å². The lowest BCUT2D eigenvalue weighted by atomic mass is 10.3. The number of nitrogens with one attached hydrogen (secondary N) is 1. The zero-order valence-electron chi connectivity index (χ0n) is 13.8. The third-order valence-electron chi connectivity index (χ3n) is 3.00. The average molecular weight is 315 g/mol. The summed E-state index contributed by atoms with van der Waals surface area (Å²) in [5.74, 6) is -0.426. The van der Waals surface area contributed by atoms with E-state index in [0.717, 1.165) is 31.8 Å². The first-order valence-electron chi connectivity index (χ1n) is 7.91. The molecule has 0 radical (unpaired) electrons. The predicted octanol–water partition coefficient (Wildman–Crippen LogP) is 2.82. The van der Waals surface area contributed by atoms with Crippen molar-refractivity contribution in [2.75, 3.05) is 26.4 Å². The Labute approximate surface area is 133 Å². The molecule has 1 unspecified atom stereocenters. The Morgan fingerprint density at radius 2 is 1.73 bits per heavy atom. The fourth-order valence-corrected chi connectivity index (χ4v) is 1.47. The Bertz CT molecular complexity index is 320. The molecule has 0 aromatic rings. The number of rotatable bonds is 13. The molecule has 0 spiro atoms. The highest BCUT2D eigenvalue weighted by atomic mass is 16.5. The SMILES string of the molecule is C=CC(=O)OCCCCNC(=O)OCCCCOC(C)CC. The van der Waals surface area contributed by atoms with Gasteiger partial charge in [0.05, 0.1) is 19.3 Å². The topological polar surface area (TPSA) is 73.9 Å². The third-order valence-corrected chi connectivity index (χ3v) is 3.00. The molecule has 0 bridgehead atoms. The van der Waals surface area contributed by atoms with Gasteiger partial charge in [0.15, 0.2) is 0 Å². The number of ether oxygens (including phenoxy) is 3. The van der Waals surface area contributed by atoms with Crippen molar-refractivity contribution in [2.45, 2.75) is 52.1 Å². The summed E-state index contributed by atoms with van der Waals surface area (Å²) in [4.78, 5) is 22.1. The van der Waals surface area contributed by atoms with E-state index in [-0.39, 0.29) is 6.10 Å². The Kier molecular flexibility index (Phi) is 13.4. The summed E-state index contributed by atoms with van der Waals surface area (Å²) in [6.07, 6.45) is 5.10. The molecular formula is C16H29NO5. The molecule has 1 atom stereocenters. The van der Waals surface area contributed by atoms with Crippen LogP contribution in [0.1, 0.15) is 46.0 Å². The summed E-state index contributed by atoms with van der Waals surface area (Å²) >= 11 is 0. The van der Waals surface area contributed by atoms with Crippen molar-refractivity contribution in [3.05, 3.63) is 12.7 Å². The van der Waals surface area contributed by atoms with E-state index in [1.165, 1.54) is 0 Å². The Morgan fingerprint density at radius 3 is 2.41 bits per heavy atom. The van der Waals surface area contributed by atoms with Crippen molar-refractivity contribution < 1.29 is 23.8 Å². The summed E-state index contributed by atoms with van der Waals surface area (Å²) < 4.78 is 15.4. The van der Waals surface area contributed by atoms with Crippen molar-refractivity contribution >= 4 is 12.1 Å². The lowest BCUT2D eigenvalue weighted by Gasteiger charge is -2.10. The van der Waals surface area contributed by atoms with Crippen LogP contribution in [0.4, 0.5) is 4.79 Å². The number of alkyl carbamates (subject to hydrolysis) is 1. The van der Waals surface area contributed by atoms with Gasteiger partial charge in [0.25, 0.3) is 0 Å². The average Bonchev–Trinajstić information content (AvgIpc) is 2.53. The number of carbonyl (C=O) groups excluding carboxylic acids is 2. The van der Waals surface area contributed by atoms with Crippen LogP contribution in [0.25, 0.3) is 0 Å². The minimum absolute atomic E-state index is 0.287.